The minimum absolute atomic E-state index is 0.0546. The summed E-state index contributed by atoms with van der Waals surface area (Å²) in [6.45, 7) is 0. The van der Waals surface area contributed by atoms with Crippen molar-refractivity contribution in [3.05, 3.63) is 96.1 Å². The summed E-state index contributed by atoms with van der Waals surface area (Å²) in [4.78, 5) is 0.0646. The Hall–Kier alpha value is -3.06. The van der Waals surface area contributed by atoms with Gasteiger partial charge in [0.25, 0.3) is 5.84 Å². The first-order valence-corrected chi connectivity index (χ1v) is 9.16. The summed E-state index contributed by atoms with van der Waals surface area (Å²) in [6, 6.07) is 19.3. The van der Waals surface area contributed by atoms with Gasteiger partial charge >= 0.3 is 10.0 Å². The van der Waals surface area contributed by atoms with E-state index in [2.05, 4.69) is 9.71 Å². The molecule has 0 radical (unpaired) electrons. The fourth-order valence-corrected chi connectivity index (χ4v) is 3.35. The predicted molar refractivity (Wildman–Crippen MR) is 95.1 cm³/mol. The Kier molecular flexibility index (Phi) is 5.09. The maximum atomic E-state index is 14.0. The van der Waals surface area contributed by atoms with Crippen molar-refractivity contribution in [1.29, 1.82) is 0 Å². The standard InChI is InChI=1S/C19H14F2N2O2S/c20-15-11-12-18(17(21)13-15)22-19(14-7-3-1-4-8-14)23-26(24,25)16-9-5-2-6-10-16/h1-13H,(H,22,23)/p+1. The number of amidine groups is 1. The predicted octanol–water partition coefficient (Wildman–Crippen LogP) is 2.29. The van der Waals surface area contributed by atoms with Crippen molar-refractivity contribution in [2.24, 2.45) is 0 Å². The van der Waals surface area contributed by atoms with Gasteiger partial charge in [0, 0.05) is 6.07 Å². The minimum Gasteiger partial charge on any atom is -0.237 e. The summed E-state index contributed by atoms with van der Waals surface area (Å²) in [5.74, 6) is -1.50. The molecule has 3 aromatic carbocycles. The van der Waals surface area contributed by atoms with Gasteiger partial charge in [-0.2, -0.15) is 12.8 Å². The molecule has 0 fully saturated rings. The third-order valence-corrected chi connectivity index (χ3v) is 4.91. The van der Waals surface area contributed by atoms with E-state index < -0.39 is 21.7 Å². The number of hydrogen-bond donors (Lipinski definition) is 2. The second-order valence-electron chi connectivity index (χ2n) is 5.41. The van der Waals surface area contributed by atoms with Crippen LogP contribution in [-0.4, -0.2) is 14.3 Å². The van der Waals surface area contributed by atoms with Crippen LogP contribution in [0, 0.1) is 11.6 Å². The van der Waals surface area contributed by atoms with E-state index >= 15 is 0 Å². The van der Waals surface area contributed by atoms with Gasteiger partial charge in [0.1, 0.15) is 10.7 Å². The van der Waals surface area contributed by atoms with Gasteiger partial charge in [-0.25, -0.2) is 14.1 Å². The van der Waals surface area contributed by atoms with E-state index in [4.69, 9.17) is 0 Å². The van der Waals surface area contributed by atoms with E-state index in [1.165, 1.54) is 18.2 Å². The third-order valence-electron chi connectivity index (χ3n) is 3.54. The fraction of sp³-hybridized carbons (Fsp3) is 0. The molecule has 3 rings (SSSR count). The molecule has 0 aliphatic rings. The lowest BCUT2D eigenvalue weighted by Gasteiger charge is -2.05. The van der Waals surface area contributed by atoms with E-state index in [0.717, 1.165) is 12.1 Å². The Morgan fingerprint density at radius 2 is 1.46 bits per heavy atom. The topological polar surface area (TPSA) is 60.1 Å². The van der Waals surface area contributed by atoms with Crippen LogP contribution in [0.4, 0.5) is 14.5 Å². The molecule has 0 bridgehead atoms. The van der Waals surface area contributed by atoms with Crippen molar-refractivity contribution in [3.63, 3.8) is 0 Å². The Morgan fingerprint density at radius 1 is 0.846 bits per heavy atom. The molecule has 4 nitrogen and oxygen atoms in total. The Balaban J connectivity index is 2.07. The van der Waals surface area contributed by atoms with Crippen LogP contribution in [0.2, 0.25) is 0 Å². The van der Waals surface area contributed by atoms with Crippen LogP contribution < -0.4 is 9.71 Å². The first-order chi connectivity index (χ1) is 12.5. The molecule has 3 aromatic rings. The van der Waals surface area contributed by atoms with Gasteiger partial charge < -0.3 is 0 Å². The van der Waals surface area contributed by atoms with E-state index in [0.29, 0.717) is 5.56 Å². The van der Waals surface area contributed by atoms with Crippen molar-refractivity contribution in [1.82, 2.24) is 0 Å². The first-order valence-electron chi connectivity index (χ1n) is 7.68. The van der Waals surface area contributed by atoms with Crippen LogP contribution in [-0.2, 0) is 10.0 Å². The molecular weight excluding hydrogens is 358 g/mol. The zero-order valence-electron chi connectivity index (χ0n) is 13.5. The van der Waals surface area contributed by atoms with Crippen LogP contribution >= 0.6 is 0 Å². The van der Waals surface area contributed by atoms with Crippen LogP contribution in [0.25, 0.3) is 0 Å². The van der Waals surface area contributed by atoms with Crippen LogP contribution in [0.3, 0.4) is 0 Å². The van der Waals surface area contributed by atoms with Gasteiger partial charge in [0.2, 0.25) is 0 Å². The molecule has 0 aliphatic carbocycles. The molecule has 0 spiro atoms. The summed E-state index contributed by atoms with van der Waals surface area (Å²) in [5, 5.41) is 2.70. The molecule has 0 aliphatic heterocycles. The highest BCUT2D eigenvalue weighted by Crippen LogP contribution is 2.15. The van der Waals surface area contributed by atoms with Crippen LogP contribution in [0.1, 0.15) is 5.56 Å². The summed E-state index contributed by atoms with van der Waals surface area (Å²) < 4.78 is 54.8. The number of benzene rings is 3. The quantitative estimate of drug-likeness (QED) is 0.545. The number of anilines is 1. The molecule has 7 heteroatoms. The summed E-state index contributed by atoms with van der Waals surface area (Å²) in [6.07, 6.45) is 0. The van der Waals surface area contributed by atoms with E-state index in [1.807, 2.05) is 0 Å². The average Bonchev–Trinajstić information content (AvgIpc) is 2.64. The van der Waals surface area contributed by atoms with Crippen molar-refractivity contribution in [3.8, 4) is 0 Å². The second kappa shape index (κ2) is 7.45. The molecule has 2 N–H and O–H groups in total. The van der Waals surface area contributed by atoms with E-state index in [9.17, 15) is 17.2 Å². The lowest BCUT2D eigenvalue weighted by atomic mass is 10.2. The SMILES string of the molecule is O=S(=O)([NH+]=C(Nc1ccc(F)cc1F)c1ccccc1)c1ccccc1. The van der Waals surface area contributed by atoms with E-state index in [1.54, 1.807) is 48.5 Å². The van der Waals surface area contributed by atoms with Gasteiger partial charge in [-0.15, -0.1) is 0 Å². The van der Waals surface area contributed by atoms with Crippen molar-refractivity contribution < 1.29 is 21.6 Å². The molecule has 0 unspecified atom stereocenters. The minimum atomic E-state index is -3.89. The third kappa shape index (κ3) is 4.12. The number of rotatable bonds is 4. The van der Waals surface area contributed by atoms with Crippen LogP contribution in [0.5, 0.6) is 0 Å². The maximum Gasteiger partial charge on any atom is 0.328 e. The Labute approximate surface area is 149 Å². The van der Waals surface area contributed by atoms with Gasteiger partial charge in [0.15, 0.2) is 11.5 Å². The lowest BCUT2D eigenvalue weighted by molar-refractivity contribution is -0.266. The number of nitrogens with one attached hydrogen (secondary N) is 2. The zero-order chi connectivity index (χ0) is 18.6. The maximum absolute atomic E-state index is 14.0. The van der Waals surface area contributed by atoms with Gasteiger partial charge in [0.05, 0.1) is 5.56 Å². The Morgan fingerprint density at radius 3 is 2.08 bits per heavy atom. The van der Waals surface area contributed by atoms with Gasteiger partial charge in [-0.05, 0) is 36.4 Å². The molecule has 0 amide bonds. The molecule has 0 saturated heterocycles. The molecule has 0 saturated carbocycles. The zero-order valence-corrected chi connectivity index (χ0v) is 14.3. The van der Waals surface area contributed by atoms with Crippen molar-refractivity contribution >= 4 is 21.5 Å². The summed E-state index contributed by atoms with van der Waals surface area (Å²) in [7, 11) is -3.89. The largest absolute Gasteiger partial charge is 0.328 e. The van der Waals surface area contributed by atoms with Crippen molar-refractivity contribution in [2.75, 3.05) is 5.32 Å². The molecule has 132 valence electrons. The molecule has 0 aromatic heterocycles. The highest BCUT2D eigenvalue weighted by molar-refractivity contribution is 7.84. The number of sulfonamides is 1. The molecule has 0 heterocycles. The smallest absolute Gasteiger partial charge is 0.237 e. The summed E-state index contributed by atoms with van der Waals surface area (Å²) in [5.41, 5.74) is 0.441. The van der Waals surface area contributed by atoms with Gasteiger partial charge in [-0.3, -0.25) is 0 Å². The molecule has 0 atom stereocenters. The van der Waals surface area contributed by atoms with E-state index in [-0.39, 0.29) is 16.4 Å². The summed E-state index contributed by atoms with van der Waals surface area (Å²) >= 11 is 0. The first kappa shape index (κ1) is 17.8. The van der Waals surface area contributed by atoms with Gasteiger partial charge in [-0.1, -0.05) is 36.4 Å². The highest BCUT2D eigenvalue weighted by Gasteiger charge is 2.21. The highest BCUT2D eigenvalue weighted by atomic mass is 32.2. The number of halogens is 2. The van der Waals surface area contributed by atoms with Crippen LogP contribution in [0.15, 0.2) is 83.8 Å². The molecular formula is C19H15F2N2O2S+. The average molecular weight is 373 g/mol. The second-order valence-corrected chi connectivity index (χ2v) is 7.09. The monoisotopic (exact) mass is 373 g/mol. The normalized spacial score (nSPS) is 12.0. The molecule has 26 heavy (non-hydrogen) atoms. The lowest BCUT2D eigenvalue weighted by Crippen LogP contribution is -2.78. The fourth-order valence-electron chi connectivity index (χ4n) is 2.28. The Bertz CT molecular complexity index is 1040. The number of hydrogen-bond acceptors (Lipinski definition) is 2. The van der Waals surface area contributed by atoms with Crippen molar-refractivity contribution in [2.45, 2.75) is 4.90 Å².